The van der Waals surface area contributed by atoms with Gasteiger partial charge in [-0.1, -0.05) is 0 Å². The average molecular weight is 343 g/mol. The number of furan rings is 1. The van der Waals surface area contributed by atoms with Crippen LogP contribution in [0.2, 0.25) is 0 Å². The summed E-state index contributed by atoms with van der Waals surface area (Å²) in [6, 6.07) is 6.81. The quantitative estimate of drug-likeness (QED) is 0.850. The lowest BCUT2D eigenvalue weighted by molar-refractivity contribution is -0.142. The fourth-order valence-corrected chi connectivity index (χ4v) is 3.55. The average Bonchev–Trinajstić information content (AvgIpc) is 3.35. The predicted octanol–water partition coefficient (Wildman–Crippen LogP) is 1.85. The van der Waals surface area contributed by atoms with Gasteiger partial charge in [0.1, 0.15) is 11.8 Å². The fraction of sp³-hybridized carbons (Fsp3) is 0.500. The Morgan fingerprint density at radius 3 is 2.68 bits per heavy atom. The van der Waals surface area contributed by atoms with E-state index in [9.17, 15) is 9.59 Å². The molecule has 0 unspecified atom stereocenters. The van der Waals surface area contributed by atoms with E-state index in [1.165, 1.54) is 10.7 Å². The molecule has 1 atom stereocenters. The van der Waals surface area contributed by atoms with Crippen molar-refractivity contribution in [2.24, 2.45) is 0 Å². The van der Waals surface area contributed by atoms with Gasteiger partial charge in [0.15, 0.2) is 5.76 Å². The van der Waals surface area contributed by atoms with Gasteiger partial charge in [0.2, 0.25) is 0 Å². The monoisotopic (exact) mass is 343 g/mol. The molecule has 0 spiro atoms. The SMILES string of the molecule is O=C([C@H]1CCCO1)N1CCC(n2nc(-c3ccco3)ccc2=O)CC1. The zero-order valence-corrected chi connectivity index (χ0v) is 14.0. The number of ether oxygens (including phenoxy) is 1. The van der Waals surface area contributed by atoms with Gasteiger partial charge in [-0.3, -0.25) is 9.59 Å². The van der Waals surface area contributed by atoms with Gasteiger partial charge < -0.3 is 14.1 Å². The third-order valence-electron chi connectivity index (χ3n) is 4.93. The van der Waals surface area contributed by atoms with Crippen LogP contribution in [0.25, 0.3) is 11.5 Å². The maximum Gasteiger partial charge on any atom is 0.267 e. The minimum absolute atomic E-state index is 0.00374. The normalized spacial score (nSPS) is 21.6. The molecule has 2 aromatic rings. The molecule has 2 fully saturated rings. The van der Waals surface area contributed by atoms with E-state index < -0.39 is 0 Å². The second kappa shape index (κ2) is 6.84. The van der Waals surface area contributed by atoms with Gasteiger partial charge in [0.25, 0.3) is 11.5 Å². The number of carbonyl (C=O) groups is 1. The van der Waals surface area contributed by atoms with E-state index in [-0.39, 0.29) is 23.6 Å². The number of carbonyl (C=O) groups excluding carboxylic acids is 1. The van der Waals surface area contributed by atoms with Crippen molar-refractivity contribution in [3.05, 3.63) is 40.9 Å². The number of hydrogen-bond acceptors (Lipinski definition) is 5. The highest BCUT2D eigenvalue weighted by atomic mass is 16.5. The van der Waals surface area contributed by atoms with Crippen molar-refractivity contribution >= 4 is 5.91 Å². The van der Waals surface area contributed by atoms with Crippen LogP contribution in [0.4, 0.5) is 0 Å². The first-order valence-corrected chi connectivity index (χ1v) is 8.76. The molecule has 2 aliphatic heterocycles. The minimum atomic E-state index is -0.278. The lowest BCUT2D eigenvalue weighted by atomic mass is 10.0. The van der Waals surface area contributed by atoms with Crippen molar-refractivity contribution < 1.29 is 13.9 Å². The lowest BCUT2D eigenvalue weighted by Gasteiger charge is -2.33. The minimum Gasteiger partial charge on any atom is -0.463 e. The molecule has 25 heavy (non-hydrogen) atoms. The number of hydrogen-bond donors (Lipinski definition) is 0. The van der Waals surface area contributed by atoms with E-state index in [0.717, 1.165) is 12.8 Å². The van der Waals surface area contributed by atoms with Crippen molar-refractivity contribution in [2.45, 2.75) is 37.8 Å². The Bertz CT molecular complexity index is 785. The summed E-state index contributed by atoms with van der Waals surface area (Å²) >= 11 is 0. The van der Waals surface area contributed by atoms with Gasteiger partial charge in [0, 0.05) is 25.8 Å². The smallest absolute Gasteiger partial charge is 0.267 e. The molecule has 0 bridgehead atoms. The van der Waals surface area contributed by atoms with E-state index >= 15 is 0 Å². The number of aromatic nitrogens is 2. The molecule has 0 N–H and O–H groups in total. The summed E-state index contributed by atoms with van der Waals surface area (Å²) in [7, 11) is 0. The van der Waals surface area contributed by atoms with E-state index in [2.05, 4.69) is 5.10 Å². The molecule has 4 heterocycles. The summed E-state index contributed by atoms with van der Waals surface area (Å²) in [4.78, 5) is 26.5. The maximum atomic E-state index is 12.4. The van der Waals surface area contributed by atoms with Gasteiger partial charge >= 0.3 is 0 Å². The lowest BCUT2D eigenvalue weighted by Crippen LogP contribution is -2.45. The molecule has 132 valence electrons. The standard InChI is InChI=1S/C18H21N3O4/c22-17-6-5-14(15-3-1-11-24-15)19-21(17)13-7-9-20(10-8-13)18(23)16-4-2-12-25-16/h1,3,5-6,11,13,16H,2,4,7-10,12H2/t16-/m1/s1. The second-order valence-electron chi connectivity index (χ2n) is 6.54. The van der Waals surface area contributed by atoms with Crippen LogP contribution in [-0.2, 0) is 9.53 Å². The number of piperidine rings is 1. The van der Waals surface area contributed by atoms with E-state index in [4.69, 9.17) is 9.15 Å². The van der Waals surface area contributed by atoms with Gasteiger partial charge in [-0.05, 0) is 43.9 Å². The van der Waals surface area contributed by atoms with Crippen LogP contribution in [0, 0.1) is 0 Å². The molecule has 1 amide bonds. The Hall–Kier alpha value is -2.41. The molecule has 0 aliphatic carbocycles. The van der Waals surface area contributed by atoms with Crippen molar-refractivity contribution in [3.8, 4) is 11.5 Å². The van der Waals surface area contributed by atoms with Crippen LogP contribution >= 0.6 is 0 Å². The Labute approximate surface area is 145 Å². The third kappa shape index (κ3) is 3.24. The summed E-state index contributed by atoms with van der Waals surface area (Å²) in [5.41, 5.74) is 0.515. The molecule has 0 saturated carbocycles. The highest BCUT2D eigenvalue weighted by Gasteiger charge is 2.31. The van der Waals surface area contributed by atoms with Crippen molar-refractivity contribution in [2.75, 3.05) is 19.7 Å². The second-order valence-corrected chi connectivity index (χ2v) is 6.54. The van der Waals surface area contributed by atoms with Gasteiger partial charge in [0.05, 0.1) is 12.3 Å². The van der Waals surface area contributed by atoms with E-state index in [1.54, 1.807) is 18.4 Å². The largest absolute Gasteiger partial charge is 0.463 e. The zero-order valence-electron chi connectivity index (χ0n) is 14.0. The first-order chi connectivity index (χ1) is 12.2. The molecule has 2 aliphatic rings. The Morgan fingerprint density at radius 2 is 2.00 bits per heavy atom. The molecule has 7 nitrogen and oxygen atoms in total. The highest BCUT2D eigenvalue weighted by molar-refractivity contribution is 5.81. The Morgan fingerprint density at radius 1 is 1.16 bits per heavy atom. The number of rotatable bonds is 3. The molecule has 2 aromatic heterocycles. The molecular weight excluding hydrogens is 322 g/mol. The topological polar surface area (TPSA) is 77.6 Å². The summed E-state index contributed by atoms with van der Waals surface area (Å²) in [6.07, 6.45) is 4.50. The van der Waals surface area contributed by atoms with Crippen molar-refractivity contribution in [3.63, 3.8) is 0 Å². The molecular formula is C18H21N3O4. The van der Waals surface area contributed by atoms with E-state index in [1.807, 2.05) is 11.0 Å². The number of likely N-dealkylation sites (tertiary alicyclic amines) is 1. The maximum absolute atomic E-state index is 12.4. The molecule has 7 heteroatoms. The molecule has 2 saturated heterocycles. The van der Waals surface area contributed by atoms with Gasteiger partial charge in [-0.15, -0.1) is 0 Å². The fourth-order valence-electron chi connectivity index (χ4n) is 3.55. The third-order valence-corrected chi connectivity index (χ3v) is 4.93. The summed E-state index contributed by atoms with van der Waals surface area (Å²) in [5, 5.41) is 4.47. The van der Waals surface area contributed by atoms with Crippen molar-refractivity contribution in [1.29, 1.82) is 0 Å². The number of nitrogens with zero attached hydrogens (tertiary/aromatic N) is 3. The van der Waals surface area contributed by atoms with Crippen LogP contribution in [0.3, 0.4) is 0 Å². The predicted molar refractivity (Wildman–Crippen MR) is 90.0 cm³/mol. The Kier molecular flexibility index (Phi) is 4.40. The van der Waals surface area contributed by atoms with Crippen LogP contribution < -0.4 is 5.56 Å². The highest BCUT2D eigenvalue weighted by Crippen LogP contribution is 2.24. The summed E-state index contributed by atoms with van der Waals surface area (Å²) < 4.78 is 12.4. The number of amides is 1. The van der Waals surface area contributed by atoms with Crippen LogP contribution in [0.1, 0.15) is 31.7 Å². The molecule has 0 radical (unpaired) electrons. The van der Waals surface area contributed by atoms with E-state index in [0.29, 0.717) is 44.0 Å². The zero-order chi connectivity index (χ0) is 17.2. The van der Waals surface area contributed by atoms with Crippen LogP contribution in [0.15, 0.2) is 39.7 Å². The molecule has 0 aromatic carbocycles. The summed E-state index contributed by atoms with van der Waals surface area (Å²) in [6.45, 7) is 1.93. The van der Waals surface area contributed by atoms with Gasteiger partial charge in [-0.2, -0.15) is 5.10 Å². The van der Waals surface area contributed by atoms with Crippen molar-refractivity contribution in [1.82, 2.24) is 14.7 Å². The summed E-state index contributed by atoms with van der Waals surface area (Å²) in [5.74, 6) is 0.723. The Balaban J connectivity index is 1.46. The van der Waals surface area contributed by atoms with Crippen LogP contribution in [-0.4, -0.2) is 46.4 Å². The molecule has 4 rings (SSSR count). The first-order valence-electron chi connectivity index (χ1n) is 8.76. The van der Waals surface area contributed by atoms with Gasteiger partial charge in [-0.25, -0.2) is 4.68 Å². The van der Waals surface area contributed by atoms with Crippen LogP contribution in [0.5, 0.6) is 0 Å². The first kappa shape index (κ1) is 16.1.